The quantitative estimate of drug-likeness (QED) is 0.851. The summed E-state index contributed by atoms with van der Waals surface area (Å²) in [5.74, 6) is 0.502. The summed E-state index contributed by atoms with van der Waals surface area (Å²) in [6.07, 6.45) is 0.108. The Labute approximate surface area is 124 Å². The van der Waals surface area contributed by atoms with Crippen LogP contribution in [0.1, 0.15) is 25.5 Å². The number of para-hydroxylation sites is 1. The van der Waals surface area contributed by atoms with E-state index in [4.69, 9.17) is 10.5 Å². The lowest BCUT2D eigenvalue weighted by molar-refractivity contribution is 0.242. The maximum atomic E-state index is 13.7. The molecule has 0 aliphatic carbocycles. The Balaban J connectivity index is 2.19. The van der Waals surface area contributed by atoms with Crippen molar-refractivity contribution in [2.24, 2.45) is 5.73 Å². The minimum Gasteiger partial charge on any atom is -0.491 e. The summed E-state index contributed by atoms with van der Waals surface area (Å²) >= 11 is 0. The van der Waals surface area contributed by atoms with Crippen molar-refractivity contribution >= 4 is 5.69 Å². The average molecular weight is 288 g/mol. The second-order valence-corrected chi connectivity index (χ2v) is 5.15. The largest absolute Gasteiger partial charge is 0.491 e. The van der Waals surface area contributed by atoms with Crippen LogP contribution >= 0.6 is 0 Å². The van der Waals surface area contributed by atoms with Gasteiger partial charge in [-0.05, 0) is 43.7 Å². The maximum absolute atomic E-state index is 13.7. The molecule has 2 aromatic carbocycles. The first-order valence-electron chi connectivity index (χ1n) is 7.08. The summed E-state index contributed by atoms with van der Waals surface area (Å²) in [5.41, 5.74) is 7.25. The molecule has 3 nitrogen and oxygen atoms in total. The number of anilines is 1. The molecule has 0 aliphatic rings. The van der Waals surface area contributed by atoms with Crippen LogP contribution in [0.4, 0.5) is 10.1 Å². The van der Waals surface area contributed by atoms with Gasteiger partial charge in [0.25, 0.3) is 0 Å². The van der Waals surface area contributed by atoms with Crippen LogP contribution in [0.3, 0.4) is 0 Å². The highest BCUT2D eigenvalue weighted by atomic mass is 19.1. The Morgan fingerprint density at radius 3 is 2.57 bits per heavy atom. The molecule has 2 rings (SSSR count). The molecule has 3 N–H and O–H groups in total. The molecule has 0 saturated carbocycles. The van der Waals surface area contributed by atoms with Crippen LogP contribution in [0.5, 0.6) is 5.75 Å². The first kappa shape index (κ1) is 15.3. The zero-order valence-corrected chi connectivity index (χ0v) is 12.3. The zero-order valence-electron chi connectivity index (χ0n) is 12.3. The summed E-state index contributed by atoms with van der Waals surface area (Å²) < 4.78 is 19.4. The fourth-order valence-corrected chi connectivity index (χ4v) is 2.12. The monoisotopic (exact) mass is 288 g/mol. The van der Waals surface area contributed by atoms with Gasteiger partial charge < -0.3 is 15.8 Å². The lowest BCUT2D eigenvalue weighted by Crippen LogP contribution is -2.21. The number of hydrogen-bond acceptors (Lipinski definition) is 3. The normalized spacial score (nSPS) is 12.2. The van der Waals surface area contributed by atoms with Gasteiger partial charge in [0.2, 0.25) is 0 Å². The molecular formula is C17H21FN2O. The third-order valence-corrected chi connectivity index (χ3v) is 3.07. The summed E-state index contributed by atoms with van der Waals surface area (Å²) in [5, 5.41) is 3.14. The van der Waals surface area contributed by atoms with E-state index in [0.717, 1.165) is 11.3 Å². The number of nitrogens with two attached hydrogens (primary N) is 1. The number of hydrogen-bond donors (Lipinski definition) is 2. The number of halogens is 1. The third kappa shape index (κ3) is 4.20. The van der Waals surface area contributed by atoms with E-state index in [1.54, 1.807) is 18.2 Å². The Hall–Kier alpha value is -2.07. The zero-order chi connectivity index (χ0) is 15.2. The molecule has 0 saturated heterocycles. The molecule has 1 atom stereocenters. The molecule has 112 valence electrons. The summed E-state index contributed by atoms with van der Waals surface area (Å²) in [6.45, 7) is 4.31. The van der Waals surface area contributed by atoms with Crippen molar-refractivity contribution in [1.82, 2.24) is 0 Å². The molecule has 0 radical (unpaired) electrons. The lowest BCUT2D eigenvalue weighted by Gasteiger charge is -2.20. The van der Waals surface area contributed by atoms with Crippen molar-refractivity contribution in [2.45, 2.75) is 26.0 Å². The van der Waals surface area contributed by atoms with Crippen molar-refractivity contribution in [1.29, 1.82) is 0 Å². The number of rotatable bonds is 6. The molecule has 0 heterocycles. The van der Waals surface area contributed by atoms with Crippen LogP contribution in [-0.2, 0) is 0 Å². The highest BCUT2D eigenvalue weighted by Crippen LogP contribution is 2.24. The Bertz CT molecular complexity index is 587. The van der Waals surface area contributed by atoms with Crippen molar-refractivity contribution in [3.8, 4) is 5.75 Å². The van der Waals surface area contributed by atoms with Gasteiger partial charge >= 0.3 is 0 Å². The standard InChI is InChI=1S/C17H21FN2O/c1-12(2)21-14-7-5-6-13(10-14)17(11-19)20-16-9-4-3-8-15(16)18/h3-10,12,17,20H,11,19H2,1-2H3. The fourth-order valence-electron chi connectivity index (χ4n) is 2.12. The van der Waals surface area contributed by atoms with Gasteiger partial charge in [-0.3, -0.25) is 0 Å². The second kappa shape index (κ2) is 7.09. The van der Waals surface area contributed by atoms with Gasteiger partial charge in [-0.2, -0.15) is 0 Å². The molecule has 21 heavy (non-hydrogen) atoms. The van der Waals surface area contributed by atoms with Crippen LogP contribution < -0.4 is 15.8 Å². The molecule has 0 aromatic heterocycles. The van der Waals surface area contributed by atoms with Gasteiger partial charge in [-0.1, -0.05) is 24.3 Å². The lowest BCUT2D eigenvalue weighted by atomic mass is 10.1. The van der Waals surface area contributed by atoms with Crippen LogP contribution in [0, 0.1) is 5.82 Å². The van der Waals surface area contributed by atoms with Gasteiger partial charge in [-0.15, -0.1) is 0 Å². The van der Waals surface area contributed by atoms with E-state index in [9.17, 15) is 4.39 Å². The SMILES string of the molecule is CC(C)Oc1cccc(C(CN)Nc2ccccc2F)c1. The first-order valence-corrected chi connectivity index (χ1v) is 7.08. The minimum absolute atomic E-state index is 0.108. The molecule has 0 amide bonds. The molecule has 2 aromatic rings. The second-order valence-electron chi connectivity index (χ2n) is 5.15. The van der Waals surface area contributed by atoms with Crippen molar-refractivity contribution < 1.29 is 9.13 Å². The van der Waals surface area contributed by atoms with E-state index < -0.39 is 0 Å². The van der Waals surface area contributed by atoms with Crippen LogP contribution in [0.2, 0.25) is 0 Å². The topological polar surface area (TPSA) is 47.3 Å². The minimum atomic E-state index is -0.287. The Kier molecular flexibility index (Phi) is 5.17. The molecule has 0 bridgehead atoms. The molecule has 4 heteroatoms. The van der Waals surface area contributed by atoms with Crippen molar-refractivity contribution in [3.05, 3.63) is 59.9 Å². The summed E-state index contributed by atoms with van der Waals surface area (Å²) in [7, 11) is 0. The van der Waals surface area contributed by atoms with E-state index >= 15 is 0 Å². The molecule has 0 aliphatic heterocycles. The number of benzene rings is 2. The third-order valence-electron chi connectivity index (χ3n) is 3.07. The van der Waals surface area contributed by atoms with Gasteiger partial charge in [0.05, 0.1) is 17.8 Å². The van der Waals surface area contributed by atoms with Gasteiger partial charge in [0, 0.05) is 6.54 Å². The predicted molar refractivity (Wildman–Crippen MR) is 84.0 cm³/mol. The highest BCUT2D eigenvalue weighted by Gasteiger charge is 2.12. The van der Waals surface area contributed by atoms with Gasteiger partial charge in [0.15, 0.2) is 0 Å². The summed E-state index contributed by atoms with van der Waals surface area (Å²) in [4.78, 5) is 0. The van der Waals surface area contributed by atoms with E-state index in [0.29, 0.717) is 12.2 Å². The molecular weight excluding hydrogens is 267 g/mol. The number of nitrogens with one attached hydrogen (secondary N) is 1. The van der Waals surface area contributed by atoms with Gasteiger partial charge in [0.1, 0.15) is 11.6 Å². The van der Waals surface area contributed by atoms with Crippen LogP contribution in [0.25, 0.3) is 0 Å². The van der Waals surface area contributed by atoms with Crippen LogP contribution in [0.15, 0.2) is 48.5 Å². The van der Waals surface area contributed by atoms with Crippen molar-refractivity contribution in [3.63, 3.8) is 0 Å². The number of ether oxygens (including phenoxy) is 1. The van der Waals surface area contributed by atoms with Gasteiger partial charge in [-0.25, -0.2) is 4.39 Å². The van der Waals surface area contributed by atoms with E-state index in [1.807, 2.05) is 38.1 Å². The average Bonchev–Trinajstić information content (AvgIpc) is 2.46. The smallest absolute Gasteiger partial charge is 0.146 e. The first-order chi connectivity index (χ1) is 10.1. The van der Waals surface area contributed by atoms with E-state index in [-0.39, 0.29) is 18.0 Å². The Morgan fingerprint density at radius 2 is 1.90 bits per heavy atom. The molecule has 1 unspecified atom stereocenters. The van der Waals surface area contributed by atoms with Crippen LogP contribution in [-0.4, -0.2) is 12.6 Å². The van der Waals surface area contributed by atoms with E-state index in [2.05, 4.69) is 5.32 Å². The van der Waals surface area contributed by atoms with E-state index in [1.165, 1.54) is 6.07 Å². The highest BCUT2D eigenvalue weighted by molar-refractivity contribution is 5.47. The Morgan fingerprint density at radius 1 is 1.14 bits per heavy atom. The predicted octanol–water partition coefficient (Wildman–Crippen LogP) is 3.72. The molecule has 0 fully saturated rings. The summed E-state index contributed by atoms with van der Waals surface area (Å²) in [6, 6.07) is 14.1. The fraction of sp³-hybridized carbons (Fsp3) is 0.294. The maximum Gasteiger partial charge on any atom is 0.146 e. The van der Waals surface area contributed by atoms with Crippen molar-refractivity contribution in [2.75, 3.05) is 11.9 Å². The molecule has 0 spiro atoms.